The van der Waals surface area contributed by atoms with E-state index in [9.17, 15) is 44.4 Å². The average molecular weight is 931 g/mol. The largest absolute Gasteiger partial charge is 0.460 e. The SMILES string of the molecule is C=CC(=O)OC1COC2C(OC(=O)C=C)COC12.C=CC(=O)OCC(O)COC1COC2C(O)COC12.C=CC(=O)OCC(O)COC1COC2C(OCC(O)COC(=O)C=C)COC12. The van der Waals surface area contributed by atoms with Gasteiger partial charge in [0.2, 0.25) is 0 Å². The van der Waals surface area contributed by atoms with Gasteiger partial charge in [0.25, 0.3) is 0 Å². The molecule has 0 aliphatic carbocycles. The van der Waals surface area contributed by atoms with E-state index in [1.54, 1.807) is 0 Å². The monoisotopic (exact) mass is 930 g/mol. The Morgan fingerprint density at radius 3 is 1.00 bits per heavy atom. The van der Waals surface area contributed by atoms with Crippen LogP contribution in [0.3, 0.4) is 0 Å². The van der Waals surface area contributed by atoms with Crippen LogP contribution in [0.4, 0.5) is 0 Å². The summed E-state index contributed by atoms with van der Waals surface area (Å²) in [5.41, 5.74) is 0. The predicted molar refractivity (Wildman–Crippen MR) is 215 cm³/mol. The van der Waals surface area contributed by atoms with Gasteiger partial charge in [-0.2, -0.15) is 0 Å². The van der Waals surface area contributed by atoms with Crippen LogP contribution in [0.2, 0.25) is 0 Å². The topological polar surface area (TPSA) is 295 Å². The number of carbonyl (C=O) groups is 5. The zero-order valence-electron chi connectivity index (χ0n) is 35.6. The quantitative estimate of drug-likeness (QED) is 0.0489. The normalized spacial score (nSPS) is 31.6. The van der Waals surface area contributed by atoms with Crippen molar-refractivity contribution in [1.82, 2.24) is 0 Å². The van der Waals surface area contributed by atoms with Crippen molar-refractivity contribution in [1.29, 1.82) is 0 Å². The van der Waals surface area contributed by atoms with Gasteiger partial charge < -0.3 is 86.7 Å². The number of esters is 5. The molecule has 0 aromatic heterocycles. The van der Waals surface area contributed by atoms with Crippen LogP contribution < -0.4 is 0 Å². The molecule has 6 aliphatic rings. The van der Waals surface area contributed by atoms with Gasteiger partial charge in [-0.15, -0.1) is 0 Å². The Morgan fingerprint density at radius 2 is 0.677 bits per heavy atom. The van der Waals surface area contributed by atoms with Crippen LogP contribution in [0.15, 0.2) is 63.3 Å². The third-order valence-corrected chi connectivity index (χ3v) is 10.0. The van der Waals surface area contributed by atoms with Gasteiger partial charge in [-0.05, 0) is 0 Å². The molecule has 15 atom stereocenters. The maximum absolute atomic E-state index is 11.1. The minimum atomic E-state index is -0.982. The maximum atomic E-state index is 11.1. The van der Waals surface area contributed by atoms with Crippen molar-refractivity contribution >= 4 is 29.8 Å². The fraction of sp³-hybridized carbons (Fsp3) is 0.643. The molecular weight excluding hydrogens is 872 g/mol. The summed E-state index contributed by atoms with van der Waals surface area (Å²) in [5, 5.41) is 38.7. The Bertz CT molecular complexity index is 1540. The van der Waals surface area contributed by atoms with Gasteiger partial charge in [-0.1, -0.05) is 32.9 Å². The zero-order chi connectivity index (χ0) is 47.5. The Balaban J connectivity index is 0.000000221. The smallest absolute Gasteiger partial charge is 0.330 e. The highest BCUT2D eigenvalue weighted by atomic mass is 16.7. The van der Waals surface area contributed by atoms with E-state index in [1.165, 1.54) is 0 Å². The van der Waals surface area contributed by atoms with Gasteiger partial charge in [-0.25, -0.2) is 24.0 Å². The molecule has 23 nitrogen and oxygen atoms in total. The van der Waals surface area contributed by atoms with Crippen molar-refractivity contribution in [3.05, 3.63) is 63.3 Å². The van der Waals surface area contributed by atoms with E-state index in [0.29, 0.717) is 6.61 Å². The first-order valence-corrected chi connectivity index (χ1v) is 20.5. The van der Waals surface area contributed by atoms with Crippen LogP contribution in [0, 0.1) is 0 Å². The van der Waals surface area contributed by atoms with Gasteiger partial charge in [0.05, 0.1) is 59.5 Å². The lowest BCUT2D eigenvalue weighted by molar-refractivity contribution is -0.149. The number of carbonyl (C=O) groups excluding carboxylic acids is 5. The first-order valence-electron chi connectivity index (χ1n) is 20.5. The standard InChI is InChI=1S/C18H26O10.C12H18O7.C12H14O6/c1-3-15(21)25-7-11(19)5-23-13-9-27-18-14(10-28-17(13)18)24-6-12(20)8-26-16(22)4-2;1-2-10(15)17-4-7(13)3-16-9-6-19-11-8(14)5-18-12(9)11;1-3-9(13)17-7-5-15-12-8(6-16-11(7)12)18-10(14)4-2/h3-4,11-14,17-20H,1-2,5-10H2;2,7-9,11-14H,1,3-6H2;3-4,7-8,11-12H,1-2,5-6H2. The number of hydrogen-bond donors (Lipinski definition) is 4. The number of hydrogen-bond acceptors (Lipinski definition) is 23. The number of rotatable bonds is 22. The van der Waals surface area contributed by atoms with Crippen molar-refractivity contribution in [2.45, 2.75) is 91.6 Å². The maximum Gasteiger partial charge on any atom is 0.330 e. The molecule has 6 saturated heterocycles. The molecule has 65 heavy (non-hydrogen) atoms. The van der Waals surface area contributed by atoms with Gasteiger partial charge in [-0.3, -0.25) is 0 Å². The van der Waals surface area contributed by atoms with Gasteiger partial charge in [0, 0.05) is 30.4 Å². The van der Waals surface area contributed by atoms with Crippen LogP contribution in [0.25, 0.3) is 0 Å². The van der Waals surface area contributed by atoms with E-state index in [4.69, 9.17) is 61.6 Å². The molecule has 6 aliphatic heterocycles. The first kappa shape index (κ1) is 53.1. The van der Waals surface area contributed by atoms with E-state index < -0.39 is 90.9 Å². The predicted octanol–water partition coefficient (Wildman–Crippen LogP) is -2.67. The number of aliphatic hydroxyl groups is 4. The molecule has 15 unspecified atom stereocenters. The van der Waals surface area contributed by atoms with E-state index >= 15 is 0 Å². The molecule has 0 aromatic rings. The summed E-state index contributed by atoms with van der Waals surface area (Å²) < 4.78 is 74.0. The minimum Gasteiger partial charge on any atom is -0.460 e. The molecule has 0 radical (unpaired) electrons. The van der Waals surface area contributed by atoms with Crippen molar-refractivity contribution in [2.75, 3.05) is 79.3 Å². The number of aliphatic hydroxyl groups excluding tert-OH is 4. The highest BCUT2D eigenvalue weighted by Gasteiger charge is 2.52. The molecule has 6 fully saturated rings. The van der Waals surface area contributed by atoms with Gasteiger partial charge >= 0.3 is 29.8 Å². The van der Waals surface area contributed by atoms with E-state index in [0.717, 1.165) is 30.4 Å². The van der Waals surface area contributed by atoms with E-state index in [1.807, 2.05) is 0 Å². The summed E-state index contributed by atoms with van der Waals surface area (Å²) in [6.07, 6.45) is -2.64. The van der Waals surface area contributed by atoms with Crippen LogP contribution in [0.1, 0.15) is 0 Å². The van der Waals surface area contributed by atoms with Crippen LogP contribution >= 0.6 is 0 Å². The van der Waals surface area contributed by atoms with E-state index in [2.05, 4.69) is 37.6 Å². The number of ether oxygens (including phenoxy) is 14. The second kappa shape index (κ2) is 27.2. The van der Waals surface area contributed by atoms with Crippen LogP contribution in [-0.2, 0) is 90.3 Å². The lowest BCUT2D eigenvalue weighted by Crippen LogP contribution is -2.37. The molecule has 364 valence electrons. The Labute approximate surface area is 374 Å². The summed E-state index contributed by atoms with van der Waals surface area (Å²) >= 11 is 0. The number of fused-ring (bicyclic) bond motifs is 3. The molecule has 0 spiro atoms. The van der Waals surface area contributed by atoms with E-state index in [-0.39, 0.29) is 103 Å². The van der Waals surface area contributed by atoms with Crippen LogP contribution in [0.5, 0.6) is 0 Å². The summed E-state index contributed by atoms with van der Waals surface area (Å²) in [7, 11) is 0. The van der Waals surface area contributed by atoms with Crippen LogP contribution in [-0.4, -0.2) is 221 Å². The third-order valence-electron chi connectivity index (χ3n) is 10.0. The van der Waals surface area contributed by atoms with Crippen molar-refractivity contribution in [3.63, 3.8) is 0 Å². The molecule has 0 amide bonds. The molecular formula is C42H58O23. The second-order valence-corrected chi connectivity index (χ2v) is 14.8. The highest BCUT2D eigenvalue weighted by molar-refractivity contribution is 5.82. The third kappa shape index (κ3) is 16.4. The summed E-state index contributed by atoms with van der Waals surface area (Å²) in [4.78, 5) is 55.0. The Morgan fingerprint density at radius 1 is 0.415 bits per heavy atom. The average Bonchev–Trinajstić information content (AvgIpc) is 4.18. The van der Waals surface area contributed by atoms with Gasteiger partial charge in [0.15, 0.2) is 12.2 Å². The molecule has 23 heteroatoms. The highest BCUT2D eigenvalue weighted by Crippen LogP contribution is 2.32. The van der Waals surface area contributed by atoms with Crippen molar-refractivity contribution < 1.29 is 111 Å². The lowest BCUT2D eigenvalue weighted by Gasteiger charge is -2.19. The minimum absolute atomic E-state index is 0.00112. The summed E-state index contributed by atoms with van der Waals surface area (Å²) in [5.74, 6) is -2.89. The Kier molecular flexibility index (Phi) is 22.3. The second-order valence-electron chi connectivity index (χ2n) is 14.8. The zero-order valence-corrected chi connectivity index (χ0v) is 35.6. The van der Waals surface area contributed by atoms with Crippen molar-refractivity contribution in [2.24, 2.45) is 0 Å². The lowest BCUT2D eigenvalue weighted by atomic mass is 10.1. The molecule has 0 saturated carbocycles. The summed E-state index contributed by atoms with van der Waals surface area (Å²) in [6, 6.07) is 0. The first-order chi connectivity index (χ1) is 31.2. The molecule has 4 N–H and O–H groups in total. The van der Waals surface area contributed by atoms with Gasteiger partial charge in [0.1, 0.15) is 99.2 Å². The summed E-state index contributed by atoms with van der Waals surface area (Å²) in [6.45, 7) is 17.2. The molecule has 0 bridgehead atoms. The fourth-order valence-electron chi connectivity index (χ4n) is 6.89. The molecule has 6 heterocycles. The Hall–Kier alpha value is -4.47. The molecule has 6 rings (SSSR count). The van der Waals surface area contributed by atoms with Crippen molar-refractivity contribution in [3.8, 4) is 0 Å². The molecule has 0 aromatic carbocycles. The fourth-order valence-corrected chi connectivity index (χ4v) is 6.89.